The first kappa shape index (κ1) is 34.6. The number of nitrogens with zero attached hydrogens (tertiary/aromatic N) is 2. The first-order chi connectivity index (χ1) is 29.2. The maximum Gasteiger partial charge on any atom is 0.178 e. The molecule has 1 heterocycles. The van der Waals surface area contributed by atoms with Gasteiger partial charge in [-0.15, -0.1) is 0 Å². The average molecular weight is 757 g/mol. The number of para-hydroxylation sites is 4. The molecule has 1 aliphatic carbocycles. The first-order valence-electron chi connectivity index (χ1n) is 20.3. The molecule has 0 saturated heterocycles. The van der Waals surface area contributed by atoms with E-state index in [1.807, 2.05) is 0 Å². The molecule has 3 heteroatoms. The highest BCUT2D eigenvalue weighted by Crippen LogP contribution is 2.55. The molecule has 0 N–H and O–H groups in total. The van der Waals surface area contributed by atoms with Crippen LogP contribution in [0.3, 0.4) is 0 Å². The van der Waals surface area contributed by atoms with Crippen LogP contribution in [0.5, 0.6) is 5.75 Å². The van der Waals surface area contributed by atoms with Crippen LogP contribution in [0, 0.1) is 6.92 Å². The van der Waals surface area contributed by atoms with Gasteiger partial charge in [0.25, 0.3) is 0 Å². The van der Waals surface area contributed by atoms with Gasteiger partial charge in [0.2, 0.25) is 0 Å². The molecule has 11 rings (SSSR count). The molecule has 0 saturated carbocycles. The second-order valence-electron chi connectivity index (χ2n) is 15.3. The van der Waals surface area contributed by atoms with E-state index in [-0.39, 0.29) is 0 Å². The number of benzene rings is 9. The molecular formula is C56H40N2O. The van der Waals surface area contributed by atoms with Crippen molar-refractivity contribution in [2.24, 2.45) is 0 Å². The van der Waals surface area contributed by atoms with Gasteiger partial charge in [-0.05, 0) is 114 Å². The minimum Gasteiger partial charge on any atom is -0.472 e. The molecule has 0 amide bonds. The third-order valence-corrected chi connectivity index (χ3v) is 12.0. The molecule has 3 nitrogen and oxygen atoms in total. The van der Waals surface area contributed by atoms with Crippen LogP contribution in [0.1, 0.15) is 22.3 Å². The predicted octanol–water partition coefficient (Wildman–Crippen LogP) is 15.1. The number of ether oxygens (including phenoxy) is 1. The smallest absolute Gasteiger partial charge is 0.178 e. The van der Waals surface area contributed by atoms with Gasteiger partial charge in [0.05, 0.1) is 0 Å². The van der Waals surface area contributed by atoms with Crippen molar-refractivity contribution in [1.29, 1.82) is 0 Å². The van der Waals surface area contributed by atoms with Crippen molar-refractivity contribution in [2.45, 2.75) is 12.5 Å². The summed E-state index contributed by atoms with van der Waals surface area (Å²) in [6.07, 6.45) is 4.58. The van der Waals surface area contributed by atoms with E-state index < -0.39 is 5.60 Å². The topological polar surface area (TPSA) is 15.7 Å². The zero-order valence-corrected chi connectivity index (χ0v) is 32.7. The quantitative estimate of drug-likeness (QED) is 0.154. The zero-order valence-electron chi connectivity index (χ0n) is 32.7. The summed E-state index contributed by atoms with van der Waals surface area (Å²) in [6.45, 7) is 2.25. The van der Waals surface area contributed by atoms with Crippen LogP contribution < -0.4 is 14.5 Å². The molecule has 280 valence electrons. The Labute approximate surface area is 345 Å². The van der Waals surface area contributed by atoms with E-state index in [9.17, 15) is 0 Å². The number of rotatable bonds is 8. The third-order valence-electron chi connectivity index (χ3n) is 12.0. The second-order valence-corrected chi connectivity index (χ2v) is 15.3. The van der Waals surface area contributed by atoms with Gasteiger partial charge in [0, 0.05) is 61.6 Å². The van der Waals surface area contributed by atoms with Crippen LogP contribution >= 0.6 is 0 Å². The highest BCUT2D eigenvalue weighted by atomic mass is 16.5. The van der Waals surface area contributed by atoms with Gasteiger partial charge < -0.3 is 14.5 Å². The third kappa shape index (κ3) is 5.66. The summed E-state index contributed by atoms with van der Waals surface area (Å²) in [7, 11) is 0. The average Bonchev–Trinajstić information content (AvgIpc) is 3.65. The molecule has 0 fully saturated rings. The van der Waals surface area contributed by atoms with Crippen LogP contribution in [0.25, 0.3) is 39.1 Å². The Morgan fingerprint density at radius 3 is 1.27 bits per heavy atom. The van der Waals surface area contributed by atoms with Gasteiger partial charge in [-0.25, -0.2) is 0 Å². The van der Waals surface area contributed by atoms with E-state index in [1.54, 1.807) is 0 Å². The monoisotopic (exact) mass is 756 g/mol. The Morgan fingerprint density at radius 1 is 0.390 bits per heavy atom. The molecule has 0 unspecified atom stereocenters. The van der Waals surface area contributed by atoms with Crippen molar-refractivity contribution >= 4 is 51.0 Å². The molecular weight excluding hydrogens is 717 g/mol. The fourth-order valence-corrected chi connectivity index (χ4v) is 9.25. The molecule has 0 atom stereocenters. The molecule has 9 aromatic carbocycles. The second kappa shape index (κ2) is 14.1. The number of hydrogen-bond acceptors (Lipinski definition) is 3. The lowest BCUT2D eigenvalue weighted by Crippen LogP contribution is -2.34. The van der Waals surface area contributed by atoms with Crippen LogP contribution in [-0.2, 0) is 5.60 Å². The van der Waals surface area contributed by atoms with E-state index in [1.165, 1.54) is 33.2 Å². The van der Waals surface area contributed by atoms with Gasteiger partial charge in [0.1, 0.15) is 5.75 Å². The van der Waals surface area contributed by atoms with E-state index in [0.717, 1.165) is 62.0 Å². The maximum atomic E-state index is 7.65. The fourth-order valence-electron chi connectivity index (χ4n) is 9.25. The van der Waals surface area contributed by atoms with Crippen molar-refractivity contribution in [3.05, 3.63) is 241 Å². The first-order valence-corrected chi connectivity index (χ1v) is 20.3. The van der Waals surface area contributed by atoms with Crippen molar-refractivity contribution in [3.8, 4) is 28.0 Å². The minimum absolute atomic E-state index is 0.914. The zero-order chi connectivity index (χ0) is 39.3. The van der Waals surface area contributed by atoms with Crippen LogP contribution in [0.4, 0.5) is 34.1 Å². The molecule has 59 heavy (non-hydrogen) atoms. The van der Waals surface area contributed by atoms with Gasteiger partial charge in [-0.3, -0.25) is 0 Å². The lowest BCUT2D eigenvalue weighted by Gasteiger charge is -2.38. The van der Waals surface area contributed by atoms with Crippen LogP contribution in [0.15, 0.2) is 218 Å². The van der Waals surface area contributed by atoms with E-state index in [4.69, 9.17) is 4.74 Å². The molecule has 2 aliphatic rings. The Hall–Kier alpha value is -7.62. The molecule has 0 radical (unpaired) electrons. The van der Waals surface area contributed by atoms with Crippen molar-refractivity contribution in [3.63, 3.8) is 0 Å². The summed E-state index contributed by atoms with van der Waals surface area (Å²) in [4.78, 5) is 4.60. The van der Waals surface area contributed by atoms with Crippen molar-refractivity contribution in [2.75, 3.05) is 9.80 Å². The van der Waals surface area contributed by atoms with Crippen LogP contribution in [0.2, 0.25) is 0 Å². The largest absolute Gasteiger partial charge is 0.472 e. The molecule has 0 spiro atoms. The summed E-state index contributed by atoms with van der Waals surface area (Å²) in [6, 6.07) is 75.5. The summed E-state index contributed by atoms with van der Waals surface area (Å²) < 4.78 is 7.65. The van der Waals surface area contributed by atoms with Crippen molar-refractivity contribution in [1.82, 2.24) is 0 Å². The summed E-state index contributed by atoms with van der Waals surface area (Å²) in [5.74, 6) is 0.914. The van der Waals surface area contributed by atoms with Gasteiger partial charge in [-0.2, -0.15) is 0 Å². The summed E-state index contributed by atoms with van der Waals surface area (Å²) in [5, 5.41) is 2.40. The summed E-state index contributed by atoms with van der Waals surface area (Å²) >= 11 is 0. The van der Waals surface area contributed by atoms with E-state index in [2.05, 4.69) is 241 Å². The Kier molecular flexibility index (Phi) is 8.27. The summed E-state index contributed by atoms with van der Waals surface area (Å²) in [5.41, 5.74) is 15.2. The number of anilines is 6. The Morgan fingerprint density at radius 2 is 0.797 bits per heavy atom. The fraction of sp³-hybridized carbons (Fsp3) is 0.0357. The maximum absolute atomic E-state index is 7.65. The van der Waals surface area contributed by atoms with E-state index >= 15 is 0 Å². The lowest BCUT2D eigenvalue weighted by molar-refractivity contribution is 0.163. The SMILES string of the molecule is Cc1c2c(c3cccc4c3c1-c1ccccc1-4)OC(c1ccc(N(c3ccccc3)c3ccccc3)cc1)(c1ccc(N(c3ccccc3)c3ccccc3)cc1)C=C2. The normalized spacial score (nSPS) is 13.0. The van der Waals surface area contributed by atoms with Gasteiger partial charge in [-0.1, -0.05) is 146 Å². The predicted molar refractivity (Wildman–Crippen MR) is 246 cm³/mol. The minimum atomic E-state index is -0.920. The Balaban J connectivity index is 1.08. The molecule has 0 bridgehead atoms. The molecule has 0 aromatic heterocycles. The molecule has 9 aromatic rings. The van der Waals surface area contributed by atoms with Crippen molar-refractivity contribution < 1.29 is 4.74 Å². The number of fused-ring (bicyclic) bond motifs is 5. The highest BCUT2D eigenvalue weighted by Gasteiger charge is 2.40. The molecule has 1 aliphatic heterocycles. The standard InChI is InChI=1S/C56H40N2O/c1-39-48-37-38-56(59-55(48)52-28-16-27-51-49-25-14-15-26-50(49)53(39)54(51)52,40-29-33-46(34-30-40)57(42-17-6-2-7-18-42)43-19-8-3-9-20-43)41-31-35-47(36-32-41)58(44-21-10-4-11-22-44)45-23-12-5-13-24-45/h2-38H,1H3. The van der Waals surface area contributed by atoms with Gasteiger partial charge in [0.15, 0.2) is 5.60 Å². The van der Waals surface area contributed by atoms with Crippen LogP contribution in [-0.4, -0.2) is 0 Å². The highest BCUT2D eigenvalue weighted by molar-refractivity contribution is 6.19. The number of hydrogen-bond donors (Lipinski definition) is 0. The van der Waals surface area contributed by atoms with Gasteiger partial charge >= 0.3 is 0 Å². The lowest BCUT2D eigenvalue weighted by atomic mass is 9.81. The Bertz CT molecular complexity index is 2790. The van der Waals surface area contributed by atoms with E-state index in [0.29, 0.717) is 0 Å².